The minimum absolute atomic E-state index is 0. The number of oxime groups is 1. The maximum atomic E-state index is 5.42. The highest BCUT2D eigenvalue weighted by Gasteiger charge is 2.38. The van der Waals surface area contributed by atoms with Crippen LogP contribution >= 0.6 is 24.8 Å². The second-order valence-electron chi connectivity index (χ2n) is 2.53. The van der Waals surface area contributed by atoms with Crippen LogP contribution in [0, 0.1) is 5.92 Å². The zero-order valence-corrected chi connectivity index (χ0v) is 8.07. The molecule has 0 saturated carbocycles. The van der Waals surface area contributed by atoms with Crippen molar-refractivity contribution >= 4 is 30.5 Å². The van der Waals surface area contributed by atoms with Gasteiger partial charge >= 0.3 is 0 Å². The second-order valence-corrected chi connectivity index (χ2v) is 2.53. The van der Waals surface area contributed by atoms with Gasteiger partial charge in [0, 0.05) is 6.54 Å². The van der Waals surface area contributed by atoms with Gasteiger partial charge in [0.2, 0.25) is 6.29 Å². The van der Waals surface area contributed by atoms with E-state index in [1.807, 2.05) is 0 Å². The van der Waals surface area contributed by atoms with E-state index in [9.17, 15) is 0 Å². The van der Waals surface area contributed by atoms with Crippen LogP contribution in [0.1, 0.15) is 6.42 Å². The van der Waals surface area contributed by atoms with Gasteiger partial charge in [0.05, 0.1) is 18.2 Å². The summed E-state index contributed by atoms with van der Waals surface area (Å²) in [5, 5.41) is 3.81. The van der Waals surface area contributed by atoms with Crippen LogP contribution in [0.4, 0.5) is 0 Å². The molecule has 12 heavy (non-hydrogen) atoms. The second kappa shape index (κ2) is 4.87. The first kappa shape index (κ1) is 12.0. The predicted octanol–water partition coefficient (Wildman–Crippen LogP) is 0.537. The lowest BCUT2D eigenvalue weighted by Crippen LogP contribution is -2.24. The molecular formula is C6H12Cl2N2O2. The molecule has 2 N–H and O–H groups in total. The lowest BCUT2D eigenvalue weighted by atomic mass is 10.0. The van der Waals surface area contributed by atoms with E-state index in [0.717, 1.165) is 18.7 Å². The van der Waals surface area contributed by atoms with Crippen LogP contribution in [0.3, 0.4) is 0 Å². The quantitative estimate of drug-likeness (QED) is 0.694. The Hall–Kier alpha value is -0.0300. The van der Waals surface area contributed by atoms with Crippen molar-refractivity contribution in [2.75, 3.05) is 13.2 Å². The molecule has 1 fully saturated rings. The van der Waals surface area contributed by atoms with Crippen molar-refractivity contribution in [3.05, 3.63) is 0 Å². The van der Waals surface area contributed by atoms with Crippen LogP contribution in [-0.2, 0) is 9.57 Å². The Morgan fingerprint density at radius 3 is 2.92 bits per heavy atom. The highest BCUT2D eigenvalue weighted by atomic mass is 35.5. The minimum Gasteiger partial charge on any atom is -0.363 e. The summed E-state index contributed by atoms with van der Waals surface area (Å²) in [6.45, 7) is 1.26. The van der Waals surface area contributed by atoms with Gasteiger partial charge in [-0.15, -0.1) is 24.8 Å². The average Bonchev–Trinajstić information content (AvgIpc) is 2.44. The third kappa shape index (κ3) is 1.82. The molecule has 0 aromatic carbocycles. The number of hydrogen-bond donors (Lipinski definition) is 1. The predicted molar refractivity (Wildman–Crippen MR) is 49.9 cm³/mol. The normalized spacial score (nSPS) is 30.9. The zero-order valence-electron chi connectivity index (χ0n) is 6.43. The van der Waals surface area contributed by atoms with E-state index >= 15 is 0 Å². The van der Waals surface area contributed by atoms with Gasteiger partial charge in [-0.3, -0.25) is 0 Å². The molecule has 2 heterocycles. The van der Waals surface area contributed by atoms with Crippen LogP contribution in [0.15, 0.2) is 5.16 Å². The molecule has 0 radical (unpaired) electrons. The van der Waals surface area contributed by atoms with Crippen LogP contribution in [-0.4, -0.2) is 25.2 Å². The minimum atomic E-state index is -0.126. The molecule has 2 unspecified atom stereocenters. The molecule has 0 bridgehead atoms. The van der Waals surface area contributed by atoms with Crippen molar-refractivity contribution in [3.63, 3.8) is 0 Å². The van der Waals surface area contributed by atoms with Gasteiger partial charge in [0.1, 0.15) is 0 Å². The van der Waals surface area contributed by atoms with Gasteiger partial charge in [-0.2, -0.15) is 0 Å². The first-order valence-corrected chi connectivity index (χ1v) is 3.46. The highest BCUT2D eigenvalue weighted by Crippen LogP contribution is 2.28. The molecule has 2 aliphatic heterocycles. The van der Waals surface area contributed by atoms with Crippen molar-refractivity contribution in [3.8, 4) is 0 Å². The van der Waals surface area contributed by atoms with Gasteiger partial charge in [-0.1, -0.05) is 5.16 Å². The third-order valence-electron chi connectivity index (χ3n) is 1.95. The number of halogens is 2. The summed E-state index contributed by atoms with van der Waals surface area (Å²) in [5.74, 6) is 0.338. The maximum Gasteiger partial charge on any atom is 0.235 e. The lowest BCUT2D eigenvalue weighted by Gasteiger charge is -2.04. The van der Waals surface area contributed by atoms with Crippen LogP contribution in [0.5, 0.6) is 0 Å². The Morgan fingerprint density at radius 2 is 2.25 bits per heavy atom. The SMILES string of the molecule is Cl.Cl.NCC1=NOC2OCCC12. The van der Waals surface area contributed by atoms with Gasteiger partial charge in [0.25, 0.3) is 0 Å². The summed E-state index contributed by atoms with van der Waals surface area (Å²) in [5.41, 5.74) is 6.37. The van der Waals surface area contributed by atoms with Crippen LogP contribution in [0.2, 0.25) is 0 Å². The van der Waals surface area contributed by atoms with E-state index in [4.69, 9.17) is 15.3 Å². The Bertz CT molecular complexity index is 177. The van der Waals surface area contributed by atoms with E-state index in [0.29, 0.717) is 12.5 Å². The third-order valence-corrected chi connectivity index (χ3v) is 1.95. The van der Waals surface area contributed by atoms with Crippen molar-refractivity contribution in [1.29, 1.82) is 0 Å². The number of nitrogens with zero attached hydrogens (tertiary/aromatic N) is 1. The number of nitrogens with two attached hydrogens (primary N) is 1. The molecule has 0 aliphatic carbocycles. The summed E-state index contributed by atoms with van der Waals surface area (Å²) in [6.07, 6.45) is 0.874. The van der Waals surface area contributed by atoms with Crippen LogP contribution < -0.4 is 5.73 Å². The van der Waals surface area contributed by atoms with Gasteiger partial charge in [-0.25, -0.2) is 0 Å². The standard InChI is InChI=1S/C6H10N2O2.2ClH/c7-3-5-4-1-2-9-6(4)10-8-5;;/h4,6H,1-3,7H2;2*1H. The molecule has 0 amide bonds. The van der Waals surface area contributed by atoms with Crippen LogP contribution in [0.25, 0.3) is 0 Å². The summed E-state index contributed by atoms with van der Waals surface area (Å²) in [4.78, 5) is 4.97. The van der Waals surface area contributed by atoms with Gasteiger partial charge in [0.15, 0.2) is 0 Å². The molecule has 72 valence electrons. The molecule has 0 spiro atoms. The summed E-state index contributed by atoms with van der Waals surface area (Å²) >= 11 is 0. The first-order valence-electron chi connectivity index (χ1n) is 3.46. The molecule has 0 aromatic heterocycles. The van der Waals surface area contributed by atoms with Crippen molar-refractivity contribution in [2.45, 2.75) is 12.7 Å². The Kier molecular flexibility index (Phi) is 4.85. The summed E-state index contributed by atoms with van der Waals surface area (Å²) in [6, 6.07) is 0. The lowest BCUT2D eigenvalue weighted by molar-refractivity contribution is -0.106. The van der Waals surface area contributed by atoms with Crippen molar-refractivity contribution < 1.29 is 9.57 Å². The fourth-order valence-corrected chi connectivity index (χ4v) is 1.37. The molecule has 2 aliphatic rings. The summed E-state index contributed by atoms with van der Waals surface area (Å²) in [7, 11) is 0. The number of rotatable bonds is 1. The van der Waals surface area contributed by atoms with Crippen molar-refractivity contribution in [1.82, 2.24) is 0 Å². The largest absolute Gasteiger partial charge is 0.363 e. The fourth-order valence-electron chi connectivity index (χ4n) is 1.37. The molecule has 0 aromatic rings. The van der Waals surface area contributed by atoms with E-state index < -0.39 is 0 Å². The number of fused-ring (bicyclic) bond motifs is 1. The Balaban J connectivity index is 0.000000605. The zero-order chi connectivity index (χ0) is 6.97. The van der Waals surface area contributed by atoms with Crippen molar-refractivity contribution in [2.24, 2.45) is 16.8 Å². The Morgan fingerprint density at radius 1 is 1.50 bits per heavy atom. The Labute approximate surface area is 83.3 Å². The fraction of sp³-hybridized carbons (Fsp3) is 0.833. The molecule has 1 saturated heterocycles. The van der Waals surface area contributed by atoms with Gasteiger partial charge < -0.3 is 15.3 Å². The van der Waals surface area contributed by atoms with E-state index in [1.54, 1.807) is 0 Å². The smallest absolute Gasteiger partial charge is 0.235 e. The molecular weight excluding hydrogens is 203 g/mol. The topological polar surface area (TPSA) is 56.8 Å². The molecule has 6 heteroatoms. The maximum absolute atomic E-state index is 5.42. The average molecular weight is 215 g/mol. The number of hydrogen-bond acceptors (Lipinski definition) is 4. The summed E-state index contributed by atoms with van der Waals surface area (Å²) < 4.78 is 5.22. The van der Waals surface area contributed by atoms with E-state index in [-0.39, 0.29) is 31.1 Å². The van der Waals surface area contributed by atoms with E-state index in [2.05, 4.69) is 5.16 Å². The van der Waals surface area contributed by atoms with E-state index in [1.165, 1.54) is 0 Å². The number of ether oxygens (including phenoxy) is 1. The molecule has 4 nitrogen and oxygen atoms in total. The highest BCUT2D eigenvalue weighted by molar-refractivity contribution is 5.89. The first-order chi connectivity index (χ1) is 4.92. The monoisotopic (exact) mass is 214 g/mol. The molecule has 2 atom stereocenters. The van der Waals surface area contributed by atoms with Gasteiger partial charge in [-0.05, 0) is 6.42 Å². The molecule has 2 rings (SSSR count).